The van der Waals surface area contributed by atoms with Crippen LogP contribution in [0.4, 0.5) is 14.5 Å². The van der Waals surface area contributed by atoms with Gasteiger partial charge in [-0.05, 0) is 18.2 Å². The Hall–Kier alpha value is -2.50. The summed E-state index contributed by atoms with van der Waals surface area (Å²) in [6, 6.07) is 4.55. The molecular weight excluding hydrogens is 254 g/mol. The van der Waals surface area contributed by atoms with Crippen LogP contribution in [0.2, 0.25) is 0 Å². The molecule has 0 unspecified atom stereocenters. The maximum atomic E-state index is 13.6. The molecule has 2 N–H and O–H groups in total. The first-order valence-electron chi connectivity index (χ1n) is 5.32. The van der Waals surface area contributed by atoms with E-state index in [4.69, 9.17) is 5.73 Å². The topological polar surface area (TPSA) is 65.2 Å². The first-order valence-corrected chi connectivity index (χ1v) is 5.32. The van der Waals surface area contributed by atoms with Gasteiger partial charge < -0.3 is 10.5 Å². The van der Waals surface area contributed by atoms with E-state index >= 15 is 0 Å². The van der Waals surface area contributed by atoms with Crippen molar-refractivity contribution in [2.45, 2.75) is 0 Å². The average Bonchev–Trinajstić information content (AvgIpc) is 2.37. The number of hydrogen-bond donors (Lipinski definition) is 1. The molecule has 2 rings (SSSR count). The van der Waals surface area contributed by atoms with Crippen LogP contribution in [0, 0.1) is 11.6 Å². The molecule has 19 heavy (non-hydrogen) atoms. The molecule has 0 saturated heterocycles. The van der Waals surface area contributed by atoms with E-state index in [-0.39, 0.29) is 16.9 Å². The maximum Gasteiger partial charge on any atom is 0.358 e. The Morgan fingerprint density at radius 3 is 2.63 bits per heavy atom. The Labute approximate surface area is 107 Å². The number of halogens is 2. The van der Waals surface area contributed by atoms with Crippen LogP contribution in [0.5, 0.6) is 0 Å². The minimum absolute atomic E-state index is 0.0474. The van der Waals surface area contributed by atoms with Gasteiger partial charge in [0.1, 0.15) is 11.6 Å². The summed E-state index contributed by atoms with van der Waals surface area (Å²) in [5.74, 6) is -2.08. The van der Waals surface area contributed by atoms with Crippen molar-refractivity contribution >= 4 is 11.7 Å². The van der Waals surface area contributed by atoms with Crippen molar-refractivity contribution in [1.82, 2.24) is 4.98 Å². The van der Waals surface area contributed by atoms with Crippen LogP contribution in [0.3, 0.4) is 0 Å². The molecule has 2 aromatic rings. The number of nitrogen functional groups attached to an aromatic ring is 1. The zero-order chi connectivity index (χ0) is 14.0. The molecule has 0 saturated carbocycles. The number of carbonyl (C=O) groups is 1. The number of nitrogens with two attached hydrogens (primary N) is 1. The van der Waals surface area contributed by atoms with Gasteiger partial charge in [0.2, 0.25) is 0 Å². The highest BCUT2D eigenvalue weighted by Gasteiger charge is 2.14. The summed E-state index contributed by atoms with van der Waals surface area (Å²) < 4.78 is 30.9. The van der Waals surface area contributed by atoms with E-state index in [1.165, 1.54) is 25.4 Å². The fraction of sp³-hybridized carbons (Fsp3) is 0.0769. The Kier molecular flexibility index (Phi) is 3.41. The van der Waals surface area contributed by atoms with Crippen molar-refractivity contribution in [3.63, 3.8) is 0 Å². The lowest BCUT2D eigenvalue weighted by Crippen LogP contribution is -2.08. The lowest BCUT2D eigenvalue weighted by Gasteiger charge is -2.07. The number of ether oxygens (including phenoxy) is 1. The number of benzene rings is 1. The summed E-state index contributed by atoms with van der Waals surface area (Å²) in [7, 11) is 1.21. The molecule has 98 valence electrons. The molecule has 6 heteroatoms. The molecule has 1 aromatic heterocycles. The zero-order valence-corrected chi connectivity index (χ0v) is 9.98. The molecule has 0 aliphatic heterocycles. The quantitative estimate of drug-likeness (QED) is 0.846. The Morgan fingerprint density at radius 1 is 1.32 bits per heavy atom. The summed E-state index contributed by atoms with van der Waals surface area (Å²) in [5, 5.41) is 0. The third kappa shape index (κ3) is 2.52. The van der Waals surface area contributed by atoms with Gasteiger partial charge >= 0.3 is 5.97 Å². The molecule has 0 amide bonds. The van der Waals surface area contributed by atoms with E-state index < -0.39 is 17.6 Å². The number of carbonyl (C=O) groups excluding carboxylic acids is 1. The molecule has 0 fully saturated rings. The fourth-order valence-electron chi connectivity index (χ4n) is 1.62. The molecule has 0 aliphatic carbocycles. The molecule has 0 atom stereocenters. The Bertz CT molecular complexity index is 645. The monoisotopic (exact) mass is 264 g/mol. The summed E-state index contributed by atoms with van der Waals surface area (Å²) >= 11 is 0. The molecule has 0 radical (unpaired) electrons. The van der Waals surface area contributed by atoms with E-state index in [1.807, 2.05) is 0 Å². The van der Waals surface area contributed by atoms with Crippen molar-refractivity contribution in [3.05, 3.63) is 47.8 Å². The number of nitrogens with zero attached hydrogens (tertiary/aromatic N) is 1. The maximum absolute atomic E-state index is 13.6. The zero-order valence-electron chi connectivity index (χ0n) is 9.98. The number of anilines is 1. The second kappa shape index (κ2) is 5.01. The number of methoxy groups -OCH3 is 1. The van der Waals surface area contributed by atoms with E-state index in [1.54, 1.807) is 0 Å². The van der Waals surface area contributed by atoms with Crippen LogP contribution in [-0.4, -0.2) is 18.1 Å². The van der Waals surface area contributed by atoms with Gasteiger partial charge in [0.25, 0.3) is 0 Å². The highest BCUT2D eigenvalue weighted by Crippen LogP contribution is 2.25. The number of aromatic nitrogens is 1. The molecule has 1 aromatic carbocycles. The van der Waals surface area contributed by atoms with E-state index in [0.717, 1.165) is 12.1 Å². The summed E-state index contributed by atoms with van der Waals surface area (Å²) in [4.78, 5) is 15.1. The van der Waals surface area contributed by atoms with Crippen molar-refractivity contribution in [2.24, 2.45) is 0 Å². The highest BCUT2D eigenvalue weighted by atomic mass is 19.1. The summed E-state index contributed by atoms with van der Waals surface area (Å²) in [6.07, 6.45) is 1.28. The average molecular weight is 264 g/mol. The van der Waals surface area contributed by atoms with Gasteiger partial charge in [0.05, 0.1) is 12.8 Å². The molecule has 0 spiro atoms. The van der Waals surface area contributed by atoms with E-state index in [9.17, 15) is 13.6 Å². The third-order valence-corrected chi connectivity index (χ3v) is 2.54. The number of esters is 1. The standard InChI is InChI=1S/C13H10F2N2O2/c1-19-13(18)12-11(16)4-7(6-17-12)9-3-2-8(14)5-10(9)15/h2-6H,16H2,1H3. The van der Waals surface area contributed by atoms with Crippen molar-refractivity contribution in [2.75, 3.05) is 12.8 Å². The lowest BCUT2D eigenvalue weighted by molar-refractivity contribution is 0.0595. The van der Waals surface area contributed by atoms with Gasteiger partial charge in [-0.3, -0.25) is 0 Å². The fourth-order valence-corrected chi connectivity index (χ4v) is 1.62. The van der Waals surface area contributed by atoms with Gasteiger partial charge in [0.15, 0.2) is 5.69 Å². The number of rotatable bonds is 2. The van der Waals surface area contributed by atoms with Crippen LogP contribution in [-0.2, 0) is 4.74 Å². The van der Waals surface area contributed by atoms with Crippen molar-refractivity contribution < 1.29 is 18.3 Å². The highest BCUT2D eigenvalue weighted by molar-refractivity contribution is 5.93. The van der Waals surface area contributed by atoms with Gasteiger partial charge in [-0.25, -0.2) is 18.6 Å². The van der Waals surface area contributed by atoms with E-state index in [2.05, 4.69) is 9.72 Å². The van der Waals surface area contributed by atoms with Crippen LogP contribution in [0.1, 0.15) is 10.5 Å². The molecule has 0 bridgehead atoms. The minimum atomic E-state index is -0.730. The first kappa shape index (κ1) is 12.9. The summed E-state index contributed by atoms with van der Waals surface area (Å²) in [5.41, 5.74) is 6.17. The number of pyridine rings is 1. The van der Waals surface area contributed by atoms with Crippen LogP contribution in [0.25, 0.3) is 11.1 Å². The lowest BCUT2D eigenvalue weighted by atomic mass is 10.1. The van der Waals surface area contributed by atoms with Gasteiger partial charge in [-0.2, -0.15) is 0 Å². The Balaban J connectivity index is 2.47. The van der Waals surface area contributed by atoms with Crippen LogP contribution >= 0.6 is 0 Å². The molecular formula is C13H10F2N2O2. The predicted molar refractivity (Wildman–Crippen MR) is 65.3 cm³/mol. The number of hydrogen-bond acceptors (Lipinski definition) is 4. The first-order chi connectivity index (χ1) is 9.02. The SMILES string of the molecule is COC(=O)c1ncc(-c2ccc(F)cc2F)cc1N. The third-order valence-electron chi connectivity index (χ3n) is 2.54. The van der Waals surface area contributed by atoms with Gasteiger partial charge in [-0.15, -0.1) is 0 Å². The predicted octanol–water partition coefficient (Wildman–Crippen LogP) is 2.40. The van der Waals surface area contributed by atoms with Gasteiger partial charge in [-0.1, -0.05) is 0 Å². The molecule has 0 aliphatic rings. The normalized spacial score (nSPS) is 10.3. The molecule has 4 nitrogen and oxygen atoms in total. The minimum Gasteiger partial charge on any atom is -0.464 e. The second-order valence-electron chi connectivity index (χ2n) is 3.78. The van der Waals surface area contributed by atoms with Gasteiger partial charge in [0, 0.05) is 23.4 Å². The van der Waals surface area contributed by atoms with Crippen molar-refractivity contribution in [3.8, 4) is 11.1 Å². The Morgan fingerprint density at radius 2 is 2.05 bits per heavy atom. The largest absolute Gasteiger partial charge is 0.464 e. The van der Waals surface area contributed by atoms with Crippen LogP contribution in [0.15, 0.2) is 30.5 Å². The smallest absolute Gasteiger partial charge is 0.358 e. The van der Waals surface area contributed by atoms with Crippen molar-refractivity contribution in [1.29, 1.82) is 0 Å². The van der Waals surface area contributed by atoms with Crippen LogP contribution < -0.4 is 5.73 Å². The summed E-state index contributed by atoms with van der Waals surface area (Å²) in [6.45, 7) is 0. The van der Waals surface area contributed by atoms with E-state index in [0.29, 0.717) is 5.56 Å². The molecule has 1 heterocycles. The second-order valence-corrected chi connectivity index (χ2v) is 3.78.